The Labute approximate surface area is 188 Å². The number of oxime groups is 1. The molecule has 11 nitrogen and oxygen atoms in total. The van der Waals surface area contributed by atoms with E-state index in [-0.39, 0.29) is 67.9 Å². The van der Waals surface area contributed by atoms with Gasteiger partial charge in [0.15, 0.2) is 10.8 Å². The molecule has 2 amide bonds. The number of nitrogen functional groups attached to an aromatic ring is 1. The van der Waals surface area contributed by atoms with Crippen molar-refractivity contribution < 1.29 is 80.5 Å². The normalized spacial score (nSPS) is 19.7. The smallest absolute Gasteiger partial charge is 0.548 e. The molecule has 1 aliphatic heterocycles. The van der Waals surface area contributed by atoms with Gasteiger partial charge >= 0.3 is 51.4 Å². The third-order valence-electron chi connectivity index (χ3n) is 3.11. The van der Waals surface area contributed by atoms with Crippen LogP contribution in [-0.4, -0.2) is 59.3 Å². The van der Waals surface area contributed by atoms with Crippen molar-refractivity contribution in [2.75, 3.05) is 19.5 Å². The quantitative estimate of drug-likeness (QED) is 0.200. The van der Waals surface area contributed by atoms with Crippen molar-refractivity contribution in [3.8, 4) is 0 Å². The second-order valence-corrected chi connectivity index (χ2v) is 5.58. The molecule has 0 bridgehead atoms. The molecule has 3 N–H and O–H groups in total. The molecule has 130 valence electrons. The molecule has 2 heterocycles. The van der Waals surface area contributed by atoms with E-state index in [1.165, 1.54) is 12.5 Å². The van der Waals surface area contributed by atoms with Crippen LogP contribution in [-0.2, 0) is 24.1 Å². The number of rotatable bonds is 7. The Hall–Kier alpha value is -1.09. The van der Waals surface area contributed by atoms with Crippen molar-refractivity contribution in [1.82, 2.24) is 15.4 Å². The minimum Gasteiger partial charge on any atom is -0.548 e. The molecule has 1 fully saturated rings. The Morgan fingerprint density at radius 1 is 1.56 bits per heavy atom. The Morgan fingerprint density at radius 3 is 2.72 bits per heavy atom. The summed E-state index contributed by atoms with van der Waals surface area (Å²) in [6, 6.07) is -1.46. The number of β-lactam (4-membered cyclic amide) rings is 1. The molecule has 2 rings (SSSR count). The molecule has 0 radical (unpaired) electrons. The first-order valence-electron chi connectivity index (χ1n) is 6.64. The van der Waals surface area contributed by atoms with Crippen molar-refractivity contribution >= 4 is 40.0 Å². The second-order valence-electron chi connectivity index (χ2n) is 4.69. The summed E-state index contributed by atoms with van der Waals surface area (Å²) in [6.07, 6.45) is 0. The van der Waals surface area contributed by atoms with E-state index < -0.39 is 36.5 Å². The van der Waals surface area contributed by atoms with E-state index in [0.717, 1.165) is 16.4 Å². The summed E-state index contributed by atoms with van der Waals surface area (Å²) < 4.78 is 0. The molecule has 0 unspecified atom stereocenters. The number of amides is 2. The zero-order chi connectivity index (χ0) is 17.9. The van der Waals surface area contributed by atoms with Gasteiger partial charge in [0.2, 0.25) is 0 Å². The van der Waals surface area contributed by atoms with Gasteiger partial charge in [-0.3, -0.25) is 14.4 Å². The fourth-order valence-electron chi connectivity index (χ4n) is 1.98. The molecule has 2 atom stereocenters. The first-order valence-corrected chi connectivity index (χ1v) is 7.52. The molecule has 1 aliphatic rings. The molecule has 0 saturated carbocycles. The number of carboxylic acids is 1. The van der Waals surface area contributed by atoms with E-state index in [2.05, 4.69) is 20.3 Å². The predicted molar refractivity (Wildman–Crippen MR) is 79.3 cm³/mol. The van der Waals surface area contributed by atoms with Gasteiger partial charge in [-0.15, -0.1) is 11.3 Å². The number of nitrogens with one attached hydrogen (secondary N) is 1. The zero-order valence-electron chi connectivity index (χ0n) is 13.7. The average molecular weight is 395 g/mol. The number of hydrogen-bond donors (Lipinski definition) is 2. The molecular formula is C12H14KN5O6S. The molecule has 0 spiro atoms. The van der Waals surface area contributed by atoms with Crippen LogP contribution in [0.1, 0.15) is 12.6 Å². The summed E-state index contributed by atoms with van der Waals surface area (Å²) in [5.41, 5.74) is 5.59. The zero-order valence-corrected chi connectivity index (χ0v) is 17.7. The van der Waals surface area contributed by atoms with Gasteiger partial charge in [-0.25, -0.2) is 10.0 Å². The SMILES string of the molecule is CON=C(C(=O)N[C@H]1C(=O)N(OCC(=O)[O-])[C@@H]1C)c1csc(N)n1.[K+]. The van der Waals surface area contributed by atoms with Crippen LogP contribution in [0.25, 0.3) is 0 Å². The van der Waals surface area contributed by atoms with Crippen molar-refractivity contribution in [2.24, 2.45) is 5.16 Å². The van der Waals surface area contributed by atoms with E-state index >= 15 is 0 Å². The Kier molecular flexibility index (Phi) is 8.39. The fraction of sp³-hybridized carbons (Fsp3) is 0.417. The maximum absolute atomic E-state index is 12.3. The van der Waals surface area contributed by atoms with Crippen molar-refractivity contribution in [2.45, 2.75) is 19.0 Å². The largest absolute Gasteiger partial charge is 1.00 e. The van der Waals surface area contributed by atoms with E-state index in [1.807, 2.05) is 0 Å². The monoisotopic (exact) mass is 395 g/mol. The molecule has 13 heteroatoms. The van der Waals surface area contributed by atoms with Gasteiger partial charge in [0.05, 0.1) is 12.0 Å². The summed E-state index contributed by atoms with van der Waals surface area (Å²) in [5, 5.41) is 19.0. The van der Waals surface area contributed by atoms with Gasteiger partial charge < -0.3 is 25.8 Å². The number of aliphatic carboxylic acids is 1. The van der Waals surface area contributed by atoms with Gasteiger partial charge in [-0.05, 0) is 6.92 Å². The molecule has 0 aliphatic carbocycles. The second kappa shape index (κ2) is 9.56. The van der Waals surface area contributed by atoms with E-state index in [1.54, 1.807) is 6.92 Å². The fourth-order valence-corrected chi connectivity index (χ4v) is 2.53. The minimum absolute atomic E-state index is 0. The van der Waals surface area contributed by atoms with Gasteiger partial charge in [-0.2, -0.15) is 0 Å². The van der Waals surface area contributed by atoms with Crippen LogP contribution in [0.15, 0.2) is 10.5 Å². The van der Waals surface area contributed by atoms with Crippen LogP contribution in [0, 0.1) is 0 Å². The summed E-state index contributed by atoms with van der Waals surface area (Å²) in [7, 11) is 1.26. The first kappa shape index (κ1) is 21.9. The number of thiazole rings is 1. The Balaban J connectivity index is 0.00000312. The average Bonchev–Trinajstić information content (AvgIpc) is 2.96. The third-order valence-corrected chi connectivity index (χ3v) is 3.78. The number of nitrogens with zero attached hydrogens (tertiary/aromatic N) is 3. The summed E-state index contributed by atoms with van der Waals surface area (Å²) in [4.78, 5) is 47.9. The molecule has 1 aromatic rings. The van der Waals surface area contributed by atoms with E-state index in [4.69, 9.17) is 10.6 Å². The minimum atomic E-state index is -1.46. The van der Waals surface area contributed by atoms with E-state index in [0.29, 0.717) is 0 Å². The topological polar surface area (TPSA) is 159 Å². The van der Waals surface area contributed by atoms with Crippen LogP contribution in [0.4, 0.5) is 5.13 Å². The molecule has 1 saturated heterocycles. The Morgan fingerprint density at radius 2 is 2.24 bits per heavy atom. The van der Waals surface area contributed by atoms with E-state index in [9.17, 15) is 19.5 Å². The summed E-state index contributed by atoms with van der Waals surface area (Å²) in [6.45, 7) is 0.820. The van der Waals surface area contributed by atoms with Crippen LogP contribution in [0.5, 0.6) is 0 Å². The maximum atomic E-state index is 12.3. The number of anilines is 1. The number of carbonyl (C=O) groups excluding carboxylic acids is 3. The molecule has 1 aromatic heterocycles. The number of nitrogens with two attached hydrogens (primary N) is 1. The van der Waals surface area contributed by atoms with Gasteiger partial charge in [0.1, 0.15) is 25.5 Å². The van der Waals surface area contributed by atoms with Crippen molar-refractivity contribution in [3.63, 3.8) is 0 Å². The summed E-state index contributed by atoms with van der Waals surface area (Å²) >= 11 is 1.12. The number of aromatic nitrogens is 1. The van der Waals surface area contributed by atoms with Gasteiger partial charge in [0, 0.05) is 5.38 Å². The number of hydroxylamine groups is 2. The van der Waals surface area contributed by atoms with Crippen LogP contribution in [0.2, 0.25) is 0 Å². The van der Waals surface area contributed by atoms with Crippen molar-refractivity contribution in [1.29, 1.82) is 0 Å². The van der Waals surface area contributed by atoms with Crippen molar-refractivity contribution in [3.05, 3.63) is 11.1 Å². The number of hydrogen-bond acceptors (Lipinski definition) is 10. The standard InChI is InChI=1S/C12H15N5O6S.K/c1-5-8(11(21)17(5)23-3-7(18)19)15-10(20)9(16-22-2)6-4-24-12(13)14-6;/h4-5,8H,3H2,1-2H3,(H2,13,14)(H,15,20)(H,18,19);/q;+1/p-1/t5-,8-;/m1./s1. The molecular weight excluding hydrogens is 381 g/mol. The van der Waals surface area contributed by atoms with Crippen LogP contribution < -0.4 is 67.5 Å². The van der Waals surface area contributed by atoms with Crippen LogP contribution >= 0.6 is 11.3 Å². The van der Waals surface area contributed by atoms with Crippen LogP contribution in [0.3, 0.4) is 0 Å². The number of carbonyl (C=O) groups is 3. The predicted octanol–water partition coefficient (Wildman–Crippen LogP) is -5.52. The molecule has 25 heavy (non-hydrogen) atoms. The first-order chi connectivity index (χ1) is 11.3. The molecule has 0 aromatic carbocycles. The third kappa shape index (κ3) is 5.19. The van der Waals surface area contributed by atoms with Gasteiger partial charge in [-0.1, -0.05) is 5.16 Å². The Bertz CT molecular complexity index is 695. The summed E-state index contributed by atoms with van der Waals surface area (Å²) in [5.74, 6) is -2.74. The number of carboxylic acid groups (broad SMARTS) is 1. The van der Waals surface area contributed by atoms with Gasteiger partial charge in [0.25, 0.3) is 11.8 Å². The maximum Gasteiger partial charge on any atom is 1.00 e.